The Balaban J connectivity index is 2.44. The van der Waals surface area contributed by atoms with E-state index in [1.54, 1.807) is 19.2 Å². The lowest BCUT2D eigenvalue weighted by atomic mass is 10.2. The standard InChI is InChI=1S/C10H10ClN5S/c1-13-10(17)16-9(12)14-8(15-16)6-3-2-4-7(11)5-6/h2-5H,1H3,(H,13,17)(H2,12,14,15). The van der Waals surface area contributed by atoms with Crippen LogP contribution in [0.1, 0.15) is 0 Å². The molecule has 0 spiro atoms. The number of aromatic nitrogens is 3. The molecule has 0 saturated heterocycles. The summed E-state index contributed by atoms with van der Waals surface area (Å²) >= 11 is 10.9. The second-order valence-corrected chi connectivity index (χ2v) is 4.09. The van der Waals surface area contributed by atoms with Gasteiger partial charge in [-0.15, -0.1) is 5.10 Å². The first-order chi connectivity index (χ1) is 8.11. The second kappa shape index (κ2) is 4.68. The highest BCUT2D eigenvalue weighted by atomic mass is 35.5. The number of thiocarbonyl (C=S) groups is 1. The molecule has 0 aliphatic heterocycles. The molecule has 0 unspecified atom stereocenters. The van der Waals surface area contributed by atoms with Crippen molar-refractivity contribution in [3.63, 3.8) is 0 Å². The molecule has 0 amide bonds. The molecule has 0 fully saturated rings. The summed E-state index contributed by atoms with van der Waals surface area (Å²) in [6.07, 6.45) is 0. The molecule has 88 valence electrons. The van der Waals surface area contributed by atoms with Gasteiger partial charge in [0.05, 0.1) is 0 Å². The number of benzene rings is 1. The molecule has 0 saturated carbocycles. The zero-order valence-electron chi connectivity index (χ0n) is 9.01. The van der Waals surface area contributed by atoms with Gasteiger partial charge in [0.2, 0.25) is 5.95 Å². The SMILES string of the molecule is CNC(=S)n1nc(-c2cccc(Cl)c2)nc1N. The molecule has 0 atom stereocenters. The number of hydrogen-bond acceptors (Lipinski definition) is 4. The van der Waals surface area contributed by atoms with Crippen molar-refractivity contribution in [1.29, 1.82) is 0 Å². The highest BCUT2D eigenvalue weighted by Crippen LogP contribution is 2.20. The molecule has 5 nitrogen and oxygen atoms in total. The van der Waals surface area contributed by atoms with Crippen molar-refractivity contribution in [1.82, 2.24) is 20.1 Å². The number of anilines is 1. The third-order valence-electron chi connectivity index (χ3n) is 2.12. The topological polar surface area (TPSA) is 68.8 Å². The predicted octanol–water partition coefficient (Wildman–Crippen LogP) is 1.53. The van der Waals surface area contributed by atoms with Crippen LogP contribution in [0.4, 0.5) is 5.95 Å². The van der Waals surface area contributed by atoms with Crippen LogP contribution in [-0.4, -0.2) is 26.9 Å². The first-order valence-corrected chi connectivity index (χ1v) is 5.61. The minimum Gasteiger partial charge on any atom is -0.368 e. The van der Waals surface area contributed by atoms with Gasteiger partial charge in [-0.3, -0.25) is 0 Å². The Morgan fingerprint density at radius 3 is 2.94 bits per heavy atom. The van der Waals surface area contributed by atoms with Gasteiger partial charge >= 0.3 is 0 Å². The summed E-state index contributed by atoms with van der Waals surface area (Å²) in [5.41, 5.74) is 6.52. The summed E-state index contributed by atoms with van der Waals surface area (Å²) in [6, 6.07) is 7.23. The van der Waals surface area contributed by atoms with E-state index < -0.39 is 0 Å². The monoisotopic (exact) mass is 267 g/mol. The molecular formula is C10H10ClN5S. The maximum atomic E-state index is 5.90. The van der Waals surface area contributed by atoms with Crippen LogP contribution in [0.2, 0.25) is 5.02 Å². The Labute approximate surface area is 109 Å². The zero-order chi connectivity index (χ0) is 12.4. The van der Waals surface area contributed by atoms with Gasteiger partial charge in [-0.2, -0.15) is 9.67 Å². The van der Waals surface area contributed by atoms with Gasteiger partial charge in [-0.05, 0) is 24.4 Å². The van der Waals surface area contributed by atoms with Crippen LogP contribution in [0.3, 0.4) is 0 Å². The van der Waals surface area contributed by atoms with Gasteiger partial charge in [0.15, 0.2) is 10.9 Å². The lowest BCUT2D eigenvalue weighted by Crippen LogP contribution is -2.26. The largest absolute Gasteiger partial charge is 0.368 e. The van der Waals surface area contributed by atoms with Crippen LogP contribution in [0, 0.1) is 0 Å². The average Bonchev–Trinajstić information content (AvgIpc) is 2.70. The zero-order valence-corrected chi connectivity index (χ0v) is 10.6. The van der Waals surface area contributed by atoms with Gasteiger partial charge in [0.1, 0.15) is 0 Å². The number of nitrogens with zero attached hydrogens (tertiary/aromatic N) is 3. The minimum atomic E-state index is 0.235. The minimum absolute atomic E-state index is 0.235. The fourth-order valence-electron chi connectivity index (χ4n) is 1.33. The van der Waals surface area contributed by atoms with Crippen molar-refractivity contribution in [2.45, 2.75) is 0 Å². The third-order valence-corrected chi connectivity index (χ3v) is 2.73. The number of nitrogens with one attached hydrogen (secondary N) is 1. The maximum Gasteiger partial charge on any atom is 0.226 e. The van der Waals surface area contributed by atoms with Crippen LogP contribution in [-0.2, 0) is 0 Å². The van der Waals surface area contributed by atoms with Crippen LogP contribution in [0.15, 0.2) is 24.3 Å². The lowest BCUT2D eigenvalue weighted by Gasteiger charge is -2.01. The highest BCUT2D eigenvalue weighted by molar-refractivity contribution is 7.80. The molecule has 2 aromatic rings. The molecule has 0 radical (unpaired) electrons. The molecule has 0 aliphatic rings. The second-order valence-electron chi connectivity index (χ2n) is 3.27. The first kappa shape index (κ1) is 11.8. The number of halogens is 1. The van der Waals surface area contributed by atoms with E-state index in [-0.39, 0.29) is 5.95 Å². The summed E-state index contributed by atoms with van der Waals surface area (Å²) in [6.45, 7) is 0. The van der Waals surface area contributed by atoms with Crippen LogP contribution in [0.25, 0.3) is 11.4 Å². The smallest absolute Gasteiger partial charge is 0.226 e. The molecule has 17 heavy (non-hydrogen) atoms. The molecule has 1 aromatic carbocycles. The molecule has 3 N–H and O–H groups in total. The Bertz CT molecular complexity index is 566. The van der Waals surface area contributed by atoms with E-state index in [1.165, 1.54) is 4.68 Å². The van der Waals surface area contributed by atoms with Crippen LogP contribution in [0.5, 0.6) is 0 Å². The summed E-state index contributed by atoms with van der Waals surface area (Å²) in [5.74, 6) is 0.724. The number of nitrogen functional groups attached to an aromatic ring is 1. The van der Waals surface area contributed by atoms with Crippen molar-refractivity contribution in [2.24, 2.45) is 0 Å². The summed E-state index contributed by atoms with van der Waals surface area (Å²) in [5, 5.41) is 8.01. The van der Waals surface area contributed by atoms with Crippen molar-refractivity contribution in [2.75, 3.05) is 12.8 Å². The molecule has 0 aliphatic carbocycles. The summed E-state index contributed by atoms with van der Waals surface area (Å²) in [7, 11) is 1.70. The van der Waals surface area contributed by atoms with E-state index in [2.05, 4.69) is 15.4 Å². The van der Waals surface area contributed by atoms with Crippen molar-refractivity contribution in [3.8, 4) is 11.4 Å². The van der Waals surface area contributed by atoms with Gasteiger partial charge in [-0.25, -0.2) is 0 Å². The number of rotatable bonds is 1. The molecule has 1 heterocycles. The molecule has 1 aromatic heterocycles. The molecule has 0 bridgehead atoms. The maximum absolute atomic E-state index is 5.90. The molecular weight excluding hydrogens is 258 g/mol. The Morgan fingerprint density at radius 1 is 1.53 bits per heavy atom. The van der Waals surface area contributed by atoms with E-state index in [0.29, 0.717) is 16.0 Å². The normalized spacial score (nSPS) is 10.2. The Morgan fingerprint density at radius 2 is 2.29 bits per heavy atom. The van der Waals surface area contributed by atoms with Crippen LogP contribution < -0.4 is 11.1 Å². The van der Waals surface area contributed by atoms with Crippen molar-refractivity contribution in [3.05, 3.63) is 29.3 Å². The number of hydrogen-bond donors (Lipinski definition) is 2. The van der Waals surface area contributed by atoms with E-state index >= 15 is 0 Å². The Kier molecular flexibility index (Phi) is 3.26. The summed E-state index contributed by atoms with van der Waals surface area (Å²) < 4.78 is 1.37. The number of nitrogens with two attached hydrogens (primary N) is 1. The Hall–Kier alpha value is -1.66. The van der Waals surface area contributed by atoms with Gasteiger partial charge in [0.25, 0.3) is 0 Å². The third kappa shape index (κ3) is 2.37. The fraction of sp³-hybridized carbons (Fsp3) is 0.100. The molecule has 7 heteroatoms. The fourth-order valence-corrected chi connectivity index (χ4v) is 1.65. The van der Waals surface area contributed by atoms with E-state index in [0.717, 1.165) is 5.56 Å². The highest BCUT2D eigenvalue weighted by Gasteiger charge is 2.11. The average molecular weight is 268 g/mol. The van der Waals surface area contributed by atoms with Crippen LogP contribution >= 0.6 is 23.8 Å². The predicted molar refractivity (Wildman–Crippen MR) is 71.9 cm³/mol. The summed E-state index contributed by atoms with van der Waals surface area (Å²) in [4.78, 5) is 4.13. The first-order valence-electron chi connectivity index (χ1n) is 4.82. The molecule has 2 rings (SSSR count). The van der Waals surface area contributed by atoms with E-state index in [4.69, 9.17) is 29.6 Å². The van der Waals surface area contributed by atoms with Gasteiger partial charge < -0.3 is 11.1 Å². The van der Waals surface area contributed by atoms with Crippen molar-refractivity contribution < 1.29 is 0 Å². The van der Waals surface area contributed by atoms with Gasteiger partial charge in [-0.1, -0.05) is 23.7 Å². The lowest BCUT2D eigenvalue weighted by molar-refractivity contribution is 0.915. The quantitative estimate of drug-likeness (QED) is 0.767. The van der Waals surface area contributed by atoms with Gasteiger partial charge in [0, 0.05) is 17.6 Å². The van der Waals surface area contributed by atoms with Crippen molar-refractivity contribution >= 4 is 34.9 Å². The van der Waals surface area contributed by atoms with E-state index in [9.17, 15) is 0 Å². The van der Waals surface area contributed by atoms with E-state index in [1.807, 2.05) is 12.1 Å².